The lowest BCUT2D eigenvalue weighted by molar-refractivity contribution is -0.0589. The Kier molecular flexibility index (Phi) is 2.73. The summed E-state index contributed by atoms with van der Waals surface area (Å²) in [5.41, 5.74) is -3.57. The third-order valence-corrected chi connectivity index (χ3v) is 2.80. The van der Waals surface area contributed by atoms with Gasteiger partial charge in [0.1, 0.15) is 5.71 Å². The van der Waals surface area contributed by atoms with Gasteiger partial charge in [0.25, 0.3) is 5.92 Å². The first-order valence-electron chi connectivity index (χ1n) is 4.45. The lowest BCUT2D eigenvalue weighted by Crippen LogP contribution is -2.24. The van der Waals surface area contributed by atoms with Crippen LogP contribution in [0, 0.1) is 11.3 Å². The molecule has 0 saturated carbocycles. The first kappa shape index (κ1) is 12.9. The largest absolute Gasteiger partial charge is 0.433 e. The fourth-order valence-corrected chi connectivity index (χ4v) is 1.66. The molecule has 0 heterocycles. The molecule has 1 unspecified atom stereocenters. The Balaban J connectivity index is 3.30. The van der Waals surface area contributed by atoms with E-state index in [2.05, 4.69) is 6.58 Å². The van der Waals surface area contributed by atoms with E-state index in [4.69, 9.17) is 5.41 Å². The predicted molar refractivity (Wildman–Crippen MR) is 49.7 cm³/mol. The van der Waals surface area contributed by atoms with Crippen molar-refractivity contribution in [2.75, 3.05) is 0 Å². The number of hydrogen-bond donors (Lipinski definition) is 1. The predicted octanol–water partition coefficient (Wildman–Crippen LogP) is 3.73. The smallest absolute Gasteiger partial charge is 0.296 e. The highest BCUT2D eigenvalue weighted by molar-refractivity contribution is 6.07. The summed E-state index contributed by atoms with van der Waals surface area (Å²) in [7, 11) is 0. The van der Waals surface area contributed by atoms with E-state index in [1.807, 2.05) is 0 Å². The van der Waals surface area contributed by atoms with Crippen LogP contribution in [0.4, 0.5) is 22.0 Å². The topological polar surface area (TPSA) is 23.9 Å². The summed E-state index contributed by atoms with van der Waals surface area (Å²) in [6, 6.07) is 0. The third-order valence-electron chi connectivity index (χ3n) is 2.80. The highest BCUT2D eigenvalue weighted by Crippen LogP contribution is 2.48. The molecule has 0 radical (unpaired) electrons. The van der Waals surface area contributed by atoms with Gasteiger partial charge >= 0.3 is 6.18 Å². The molecule has 6 heteroatoms. The molecule has 0 aromatic rings. The summed E-state index contributed by atoms with van der Waals surface area (Å²) >= 11 is 0. The van der Waals surface area contributed by atoms with Crippen LogP contribution in [0.2, 0.25) is 0 Å². The first-order valence-corrected chi connectivity index (χ1v) is 4.45. The minimum Gasteiger partial charge on any atom is -0.296 e. The summed E-state index contributed by atoms with van der Waals surface area (Å²) in [4.78, 5) is 0. The van der Waals surface area contributed by atoms with Gasteiger partial charge in [-0.25, -0.2) is 8.78 Å². The van der Waals surface area contributed by atoms with Crippen LogP contribution >= 0.6 is 0 Å². The van der Waals surface area contributed by atoms with Gasteiger partial charge < -0.3 is 0 Å². The highest BCUT2D eigenvalue weighted by atomic mass is 19.4. The molecule has 1 aliphatic carbocycles. The standard InChI is InChI=1S/C10H10F5N/c1-4-5(2)9(11,12)6(3)7(4)8(16)10(13,14)15/h5,16H,1H2,2-3H3. The second-order valence-corrected chi connectivity index (χ2v) is 3.74. The Morgan fingerprint density at radius 3 is 2.06 bits per heavy atom. The quantitative estimate of drug-likeness (QED) is 0.532. The average Bonchev–Trinajstić information content (AvgIpc) is 2.27. The van der Waals surface area contributed by atoms with E-state index in [0.29, 0.717) is 0 Å². The van der Waals surface area contributed by atoms with Crippen LogP contribution in [-0.2, 0) is 0 Å². The zero-order valence-electron chi connectivity index (χ0n) is 8.67. The van der Waals surface area contributed by atoms with E-state index in [9.17, 15) is 22.0 Å². The van der Waals surface area contributed by atoms with Crippen molar-refractivity contribution in [2.45, 2.75) is 25.9 Å². The maximum atomic E-state index is 13.4. The summed E-state index contributed by atoms with van der Waals surface area (Å²) in [5.74, 6) is -4.76. The van der Waals surface area contributed by atoms with Crippen LogP contribution in [0.3, 0.4) is 0 Å². The molecule has 16 heavy (non-hydrogen) atoms. The Bertz CT molecular complexity index is 389. The van der Waals surface area contributed by atoms with E-state index in [1.165, 1.54) is 0 Å². The molecule has 1 aliphatic rings. The normalized spacial score (nSPS) is 25.2. The lowest BCUT2D eigenvalue weighted by Gasteiger charge is -2.16. The maximum Gasteiger partial charge on any atom is 0.433 e. The van der Waals surface area contributed by atoms with Crippen LogP contribution in [-0.4, -0.2) is 17.8 Å². The number of nitrogens with one attached hydrogen (secondary N) is 1. The van der Waals surface area contributed by atoms with E-state index in [1.54, 1.807) is 0 Å². The molecule has 1 atom stereocenters. The van der Waals surface area contributed by atoms with Crippen molar-refractivity contribution in [2.24, 2.45) is 5.92 Å². The number of rotatable bonds is 1. The fourth-order valence-electron chi connectivity index (χ4n) is 1.66. The summed E-state index contributed by atoms with van der Waals surface area (Å²) in [5, 5.41) is 6.89. The van der Waals surface area contributed by atoms with E-state index in [0.717, 1.165) is 13.8 Å². The molecule has 1 N–H and O–H groups in total. The van der Waals surface area contributed by atoms with Crippen LogP contribution in [0.1, 0.15) is 13.8 Å². The summed E-state index contributed by atoms with van der Waals surface area (Å²) in [6.45, 7) is 5.23. The molecule has 0 aromatic carbocycles. The van der Waals surface area contributed by atoms with Gasteiger partial charge in [-0.05, 0) is 12.5 Å². The minimum absolute atomic E-state index is 0.329. The summed E-state index contributed by atoms with van der Waals surface area (Å²) in [6.07, 6.45) is -4.93. The molecule has 0 aliphatic heterocycles. The van der Waals surface area contributed by atoms with E-state index in [-0.39, 0.29) is 5.57 Å². The van der Waals surface area contributed by atoms with E-state index >= 15 is 0 Å². The molecule has 0 fully saturated rings. The first-order chi connectivity index (χ1) is 7.01. The van der Waals surface area contributed by atoms with Gasteiger partial charge in [-0.15, -0.1) is 0 Å². The molecular weight excluding hydrogens is 229 g/mol. The Hall–Kier alpha value is -1.20. The molecular formula is C10H10F5N. The number of hydrogen-bond acceptors (Lipinski definition) is 1. The van der Waals surface area contributed by atoms with Crippen LogP contribution < -0.4 is 0 Å². The maximum absolute atomic E-state index is 13.4. The Morgan fingerprint density at radius 1 is 1.38 bits per heavy atom. The monoisotopic (exact) mass is 239 g/mol. The molecule has 1 nitrogen and oxygen atoms in total. The van der Waals surface area contributed by atoms with Crippen molar-refractivity contribution in [1.29, 1.82) is 5.41 Å². The molecule has 0 saturated heterocycles. The molecule has 0 amide bonds. The third kappa shape index (κ3) is 1.66. The molecule has 0 bridgehead atoms. The van der Waals surface area contributed by atoms with Crippen molar-refractivity contribution in [3.63, 3.8) is 0 Å². The van der Waals surface area contributed by atoms with E-state index < -0.39 is 34.9 Å². The van der Waals surface area contributed by atoms with Crippen LogP contribution in [0.25, 0.3) is 0 Å². The van der Waals surface area contributed by atoms with Gasteiger partial charge in [0.15, 0.2) is 0 Å². The van der Waals surface area contributed by atoms with Gasteiger partial charge in [0.05, 0.1) is 0 Å². The SMILES string of the molecule is C=C1C(C(=N)C(F)(F)F)=C(C)C(F)(F)C1C. The molecule has 0 aromatic heterocycles. The van der Waals surface area contributed by atoms with Crippen LogP contribution in [0.15, 0.2) is 23.3 Å². The number of alkyl halides is 5. The Labute approximate surface area is 89.2 Å². The van der Waals surface area contributed by atoms with Gasteiger partial charge in [-0.3, -0.25) is 5.41 Å². The van der Waals surface area contributed by atoms with Gasteiger partial charge in [0.2, 0.25) is 0 Å². The zero-order valence-corrected chi connectivity index (χ0v) is 8.67. The molecule has 1 rings (SSSR count). The van der Waals surface area contributed by atoms with Crippen LogP contribution in [0.5, 0.6) is 0 Å². The molecule has 90 valence electrons. The minimum atomic E-state index is -4.93. The van der Waals surface area contributed by atoms with Crippen molar-refractivity contribution >= 4 is 5.71 Å². The number of allylic oxidation sites excluding steroid dienone is 3. The lowest BCUT2D eigenvalue weighted by atomic mass is 9.98. The van der Waals surface area contributed by atoms with Crippen molar-refractivity contribution in [3.8, 4) is 0 Å². The fraction of sp³-hybridized carbons (Fsp3) is 0.500. The highest BCUT2D eigenvalue weighted by Gasteiger charge is 2.52. The van der Waals surface area contributed by atoms with Gasteiger partial charge in [-0.2, -0.15) is 13.2 Å². The Morgan fingerprint density at radius 2 is 1.81 bits per heavy atom. The average molecular weight is 239 g/mol. The van der Waals surface area contributed by atoms with Crippen molar-refractivity contribution in [3.05, 3.63) is 23.3 Å². The van der Waals surface area contributed by atoms with Gasteiger partial charge in [0, 0.05) is 17.1 Å². The zero-order chi connectivity index (χ0) is 12.9. The van der Waals surface area contributed by atoms with Crippen molar-refractivity contribution < 1.29 is 22.0 Å². The van der Waals surface area contributed by atoms with Crippen molar-refractivity contribution in [1.82, 2.24) is 0 Å². The number of halogens is 5. The summed E-state index contributed by atoms with van der Waals surface area (Å²) < 4.78 is 63.6. The molecule has 0 spiro atoms. The second-order valence-electron chi connectivity index (χ2n) is 3.74. The second kappa shape index (κ2) is 3.40. The van der Waals surface area contributed by atoms with Gasteiger partial charge in [-0.1, -0.05) is 13.5 Å².